The first-order valence-electron chi connectivity index (χ1n) is 18.4. The van der Waals surface area contributed by atoms with Gasteiger partial charge < -0.3 is 25.8 Å². The zero-order valence-corrected chi connectivity index (χ0v) is 30.3. The lowest BCUT2D eigenvalue weighted by molar-refractivity contribution is -0.136. The summed E-state index contributed by atoms with van der Waals surface area (Å²) in [5.74, 6) is -3.12. The van der Waals surface area contributed by atoms with E-state index in [1.165, 1.54) is 18.2 Å². The molecule has 7 rings (SSSR count). The Morgan fingerprint density at radius 1 is 0.927 bits per heavy atom. The standard InChI is InChI=1S/C39H41FN8O7/c1-22-29(19-26-25-18-23(40)9-10-27(25)44-36(26)52)42-20-30(22)43-33(50)21-46-14-16-47(17-15-46)34(51)8-3-2-4-13-41-28-7-5-6-24-35(28)39(55)48(38(24)54)31-11-12-32(49)45-37(31)53/h5-7,9-10,18-20,31,41-42H,2-4,8,11-17,21H2,1H3,(H,43,50)(H,44,52)(H,45,49,53)/b26-19-. The highest BCUT2D eigenvalue weighted by Crippen LogP contribution is 2.35. The van der Waals surface area contributed by atoms with Crippen LogP contribution in [0.4, 0.5) is 21.5 Å². The molecular formula is C39H41FN8O7. The third-order valence-electron chi connectivity index (χ3n) is 10.5. The fourth-order valence-electron chi connectivity index (χ4n) is 7.41. The first-order chi connectivity index (χ1) is 26.5. The molecule has 0 spiro atoms. The molecule has 2 aromatic carbocycles. The second-order valence-corrected chi connectivity index (χ2v) is 14.1. The van der Waals surface area contributed by atoms with Crippen LogP contribution in [-0.2, 0) is 24.0 Å². The largest absolute Gasteiger partial charge is 0.384 e. The molecule has 0 aliphatic carbocycles. The number of aromatic amines is 1. The molecule has 286 valence electrons. The number of benzene rings is 2. The van der Waals surface area contributed by atoms with E-state index in [0.29, 0.717) is 79.5 Å². The number of amides is 7. The lowest BCUT2D eigenvalue weighted by Crippen LogP contribution is -2.54. The zero-order chi connectivity index (χ0) is 38.8. The van der Waals surface area contributed by atoms with Crippen molar-refractivity contribution >= 4 is 70.1 Å². The van der Waals surface area contributed by atoms with Gasteiger partial charge in [-0.1, -0.05) is 12.5 Å². The summed E-state index contributed by atoms with van der Waals surface area (Å²) in [5.41, 5.74) is 4.21. The summed E-state index contributed by atoms with van der Waals surface area (Å²) >= 11 is 0. The molecule has 0 saturated carbocycles. The van der Waals surface area contributed by atoms with Gasteiger partial charge in [-0.25, -0.2) is 4.39 Å². The van der Waals surface area contributed by atoms with Crippen LogP contribution in [0.2, 0.25) is 0 Å². The fourth-order valence-corrected chi connectivity index (χ4v) is 7.41. The van der Waals surface area contributed by atoms with Crippen LogP contribution in [0.3, 0.4) is 0 Å². The van der Waals surface area contributed by atoms with Crippen molar-refractivity contribution in [3.05, 3.63) is 76.4 Å². The summed E-state index contributed by atoms with van der Waals surface area (Å²) in [6.07, 6.45) is 6.00. The van der Waals surface area contributed by atoms with Crippen LogP contribution in [0.5, 0.6) is 0 Å². The van der Waals surface area contributed by atoms with Crippen molar-refractivity contribution in [3.8, 4) is 0 Å². The maximum absolute atomic E-state index is 13.8. The number of hydrogen-bond donors (Lipinski definition) is 5. The van der Waals surface area contributed by atoms with Gasteiger partial charge in [0, 0.05) is 74.4 Å². The molecule has 55 heavy (non-hydrogen) atoms. The third-order valence-corrected chi connectivity index (χ3v) is 10.5. The van der Waals surface area contributed by atoms with Crippen molar-refractivity contribution < 1.29 is 38.0 Å². The molecule has 16 heteroatoms. The molecule has 1 atom stereocenters. The van der Waals surface area contributed by atoms with Gasteiger partial charge in [0.15, 0.2) is 0 Å². The number of rotatable bonds is 12. The highest BCUT2D eigenvalue weighted by atomic mass is 19.1. The Morgan fingerprint density at radius 3 is 2.51 bits per heavy atom. The number of unbranched alkanes of at least 4 members (excludes halogenated alkanes) is 2. The number of piperazine rings is 1. The minimum Gasteiger partial charge on any atom is -0.384 e. The van der Waals surface area contributed by atoms with Crippen molar-refractivity contribution in [2.45, 2.75) is 51.5 Å². The van der Waals surface area contributed by atoms with E-state index in [0.717, 1.165) is 23.3 Å². The maximum Gasteiger partial charge on any atom is 0.264 e. The van der Waals surface area contributed by atoms with E-state index in [4.69, 9.17) is 0 Å². The number of anilines is 3. The van der Waals surface area contributed by atoms with Crippen molar-refractivity contribution in [1.82, 2.24) is 25.0 Å². The lowest BCUT2D eigenvalue weighted by Gasteiger charge is -2.34. The topological polar surface area (TPSA) is 193 Å². The molecule has 4 aliphatic rings. The van der Waals surface area contributed by atoms with Gasteiger partial charge in [0.05, 0.1) is 28.9 Å². The van der Waals surface area contributed by atoms with E-state index in [-0.39, 0.29) is 48.2 Å². The monoisotopic (exact) mass is 752 g/mol. The van der Waals surface area contributed by atoms with E-state index in [2.05, 4.69) is 26.3 Å². The SMILES string of the molecule is Cc1c(NC(=O)CN2CCN(C(=O)CCCCCNc3cccc4c3C(=O)N(C3CCC(=O)NC3=O)C4=O)CC2)c[nH]c1/C=C1\C(=O)Nc2ccc(F)cc21. The molecule has 1 aromatic heterocycles. The highest BCUT2D eigenvalue weighted by molar-refractivity contribution is 6.35. The summed E-state index contributed by atoms with van der Waals surface area (Å²) < 4.78 is 13.8. The van der Waals surface area contributed by atoms with Gasteiger partial charge in [0.25, 0.3) is 17.7 Å². The fraction of sp³-hybridized carbons (Fsp3) is 0.359. The second-order valence-electron chi connectivity index (χ2n) is 14.1. The first kappa shape index (κ1) is 37.2. The van der Waals surface area contributed by atoms with Crippen LogP contribution in [-0.4, -0.2) is 106 Å². The second kappa shape index (κ2) is 15.7. The Labute approximate surface area is 315 Å². The molecule has 2 saturated heterocycles. The van der Waals surface area contributed by atoms with E-state index in [9.17, 15) is 38.0 Å². The van der Waals surface area contributed by atoms with Crippen LogP contribution >= 0.6 is 0 Å². The minimum atomic E-state index is -1.03. The van der Waals surface area contributed by atoms with Crippen LogP contribution < -0.4 is 21.3 Å². The Balaban J connectivity index is 0.811. The van der Waals surface area contributed by atoms with Crippen molar-refractivity contribution in [1.29, 1.82) is 0 Å². The van der Waals surface area contributed by atoms with E-state index in [1.54, 1.807) is 30.5 Å². The Bertz CT molecular complexity index is 2140. The highest BCUT2D eigenvalue weighted by Gasteiger charge is 2.45. The molecule has 7 amide bonds. The predicted octanol–water partition coefficient (Wildman–Crippen LogP) is 3.11. The first-order valence-corrected chi connectivity index (χ1v) is 18.4. The number of carbonyl (C=O) groups is 7. The van der Waals surface area contributed by atoms with Gasteiger partial charge in [0.1, 0.15) is 11.9 Å². The lowest BCUT2D eigenvalue weighted by atomic mass is 10.0. The number of halogens is 1. The molecule has 1 unspecified atom stereocenters. The molecular weight excluding hydrogens is 711 g/mol. The van der Waals surface area contributed by atoms with Gasteiger partial charge in [0.2, 0.25) is 23.6 Å². The average molecular weight is 753 g/mol. The van der Waals surface area contributed by atoms with E-state index in [1.807, 2.05) is 16.7 Å². The van der Waals surface area contributed by atoms with Crippen LogP contribution in [0.1, 0.15) is 76.1 Å². The molecule has 2 fully saturated rings. The number of piperidine rings is 1. The Kier molecular flexibility index (Phi) is 10.6. The number of hydrogen-bond acceptors (Lipinski definition) is 9. The van der Waals surface area contributed by atoms with E-state index < -0.39 is 35.5 Å². The number of carbonyl (C=O) groups excluding carboxylic acids is 7. The van der Waals surface area contributed by atoms with Gasteiger partial charge in [-0.15, -0.1) is 0 Å². The van der Waals surface area contributed by atoms with Gasteiger partial charge in [-0.2, -0.15) is 0 Å². The van der Waals surface area contributed by atoms with Gasteiger partial charge in [-0.3, -0.25) is 48.7 Å². The Hall–Kier alpha value is -6.16. The smallest absolute Gasteiger partial charge is 0.264 e. The van der Waals surface area contributed by atoms with E-state index >= 15 is 0 Å². The number of nitrogens with zero attached hydrogens (tertiary/aromatic N) is 3. The molecule has 3 aromatic rings. The normalized spacial score (nSPS) is 19.1. The average Bonchev–Trinajstić information content (AvgIpc) is 3.75. The third kappa shape index (κ3) is 7.76. The molecule has 5 heterocycles. The molecule has 4 aliphatic heterocycles. The van der Waals surface area contributed by atoms with Crippen LogP contribution in [0.15, 0.2) is 42.6 Å². The van der Waals surface area contributed by atoms with Crippen LogP contribution in [0.25, 0.3) is 11.6 Å². The minimum absolute atomic E-state index is 0.0520. The quantitative estimate of drug-likeness (QED) is 0.105. The predicted molar refractivity (Wildman–Crippen MR) is 200 cm³/mol. The summed E-state index contributed by atoms with van der Waals surface area (Å²) in [4.78, 5) is 96.5. The number of imide groups is 2. The van der Waals surface area contributed by atoms with Crippen molar-refractivity contribution in [3.63, 3.8) is 0 Å². The maximum atomic E-state index is 13.8. The summed E-state index contributed by atoms with van der Waals surface area (Å²) in [7, 11) is 0. The molecule has 5 N–H and O–H groups in total. The molecule has 0 bridgehead atoms. The van der Waals surface area contributed by atoms with Crippen molar-refractivity contribution in [2.24, 2.45) is 0 Å². The number of fused-ring (bicyclic) bond motifs is 2. The molecule has 0 radical (unpaired) electrons. The number of nitrogens with one attached hydrogen (secondary N) is 5. The molecule has 15 nitrogen and oxygen atoms in total. The Morgan fingerprint density at radius 2 is 1.73 bits per heavy atom. The summed E-state index contributed by atoms with van der Waals surface area (Å²) in [6, 6.07) is 8.03. The summed E-state index contributed by atoms with van der Waals surface area (Å²) in [5, 5.41) is 11.1. The van der Waals surface area contributed by atoms with Crippen LogP contribution in [0, 0.1) is 12.7 Å². The number of aromatic nitrogens is 1. The van der Waals surface area contributed by atoms with Gasteiger partial charge >= 0.3 is 0 Å². The summed E-state index contributed by atoms with van der Waals surface area (Å²) in [6.45, 7) is 4.63. The number of H-pyrrole nitrogens is 1. The van der Waals surface area contributed by atoms with Gasteiger partial charge in [-0.05, 0) is 68.2 Å². The zero-order valence-electron chi connectivity index (χ0n) is 30.3. The van der Waals surface area contributed by atoms with Crippen molar-refractivity contribution in [2.75, 3.05) is 55.2 Å².